The van der Waals surface area contributed by atoms with E-state index in [0.717, 1.165) is 0 Å². The van der Waals surface area contributed by atoms with Gasteiger partial charge < -0.3 is 4.52 Å². The third kappa shape index (κ3) is 3.11. The van der Waals surface area contributed by atoms with Crippen LogP contribution in [-0.4, -0.2) is 10.1 Å². The number of aromatic nitrogens is 2. The van der Waals surface area contributed by atoms with Gasteiger partial charge in [0.25, 0.3) is 0 Å². The molecule has 0 fully saturated rings. The average Bonchev–Trinajstić information content (AvgIpc) is 2.40. The van der Waals surface area contributed by atoms with Gasteiger partial charge in [-0.2, -0.15) is 4.98 Å². The fourth-order valence-electron chi connectivity index (χ4n) is 0.477. The van der Waals surface area contributed by atoms with Gasteiger partial charge in [0.15, 0.2) is 6.17 Å². The molecule has 0 saturated carbocycles. The molecule has 1 unspecified atom stereocenters. The minimum atomic E-state index is -1.14. The molecular weight excluding hydrogens is 147 g/mol. The summed E-state index contributed by atoms with van der Waals surface area (Å²) in [5, 5.41) is 3.35. The number of aryl methyl sites for hydroxylation is 1. The van der Waals surface area contributed by atoms with Crippen LogP contribution in [0.1, 0.15) is 38.7 Å². The van der Waals surface area contributed by atoms with Crippen molar-refractivity contribution in [2.45, 2.75) is 33.9 Å². The van der Waals surface area contributed by atoms with Crippen molar-refractivity contribution >= 4 is 0 Å². The van der Waals surface area contributed by atoms with E-state index < -0.39 is 6.17 Å². The summed E-state index contributed by atoms with van der Waals surface area (Å²) in [5.41, 5.74) is 0. The maximum Gasteiger partial charge on any atom is 0.223 e. The zero-order valence-electron chi connectivity index (χ0n) is 7.26. The Labute approximate surface area is 65.6 Å². The van der Waals surface area contributed by atoms with Gasteiger partial charge in [-0.15, -0.1) is 0 Å². The minimum Gasteiger partial charge on any atom is -0.340 e. The summed E-state index contributed by atoms with van der Waals surface area (Å²) in [6.45, 7) is 6.99. The fraction of sp³-hybridized carbons (Fsp3) is 0.714. The Morgan fingerprint density at radius 2 is 2.00 bits per heavy atom. The van der Waals surface area contributed by atoms with E-state index in [4.69, 9.17) is 0 Å². The molecule has 11 heavy (non-hydrogen) atoms. The van der Waals surface area contributed by atoms with Crippen molar-refractivity contribution in [1.82, 2.24) is 10.1 Å². The standard InChI is InChI=1S/C5H7FN2O.C2H6/c1-3(6)5-7-4(2)9-8-5;1-2/h3H,1-2H3;1-2H3. The first-order chi connectivity index (χ1) is 5.20. The molecule has 4 heteroatoms. The first-order valence-corrected chi connectivity index (χ1v) is 3.64. The Morgan fingerprint density at radius 1 is 1.45 bits per heavy atom. The van der Waals surface area contributed by atoms with Gasteiger partial charge in [-0.1, -0.05) is 19.0 Å². The summed E-state index contributed by atoms with van der Waals surface area (Å²) >= 11 is 0. The second-order valence-electron chi connectivity index (χ2n) is 1.79. The number of halogens is 1. The SMILES string of the molecule is CC.Cc1nc(C(C)F)no1. The lowest BCUT2D eigenvalue weighted by Crippen LogP contribution is -1.87. The van der Waals surface area contributed by atoms with Crippen molar-refractivity contribution in [3.63, 3.8) is 0 Å². The quantitative estimate of drug-likeness (QED) is 0.633. The molecule has 0 N–H and O–H groups in total. The molecule has 1 aromatic rings. The monoisotopic (exact) mass is 160 g/mol. The zero-order valence-corrected chi connectivity index (χ0v) is 7.26. The van der Waals surface area contributed by atoms with Gasteiger partial charge in [0, 0.05) is 6.92 Å². The molecule has 0 bridgehead atoms. The van der Waals surface area contributed by atoms with E-state index in [2.05, 4.69) is 14.7 Å². The first-order valence-electron chi connectivity index (χ1n) is 3.64. The smallest absolute Gasteiger partial charge is 0.223 e. The minimum absolute atomic E-state index is 0.118. The molecule has 0 amide bonds. The van der Waals surface area contributed by atoms with Gasteiger partial charge in [-0.25, -0.2) is 4.39 Å². The lowest BCUT2D eigenvalue weighted by molar-refractivity contribution is 0.328. The van der Waals surface area contributed by atoms with Gasteiger partial charge in [0.2, 0.25) is 11.7 Å². The molecule has 1 aromatic heterocycles. The molecule has 0 aromatic carbocycles. The Hall–Kier alpha value is -0.930. The summed E-state index contributed by atoms with van der Waals surface area (Å²) in [7, 11) is 0. The number of hydrogen-bond donors (Lipinski definition) is 0. The van der Waals surface area contributed by atoms with Crippen LogP contribution in [0.15, 0.2) is 4.52 Å². The summed E-state index contributed by atoms with van der Waals surface area (Å²) in [6.07, 6.45) is -1.14. The van der Waals surface area contributed by atoms with E-state index in [9.17, 15) is 4.39 Å². The van der Waals surface area contributed by atoms with Crippen LogP contribution in [0, 0.1) is 6.92 Å². The topological polar surface area (TPSA) is 38.9 Å². The molecule has 1 atom stereocenters. The molecule has 0 aliphatic carbocycles. The van der Waals surface area contributed by atoms with Gasteiger partial charge in [-0.3, -0.25) is 0 Å². The second kappa shape index (κ2) is 4.82. The molecule has 0 radical (unpaired) electrons. The lowest BCUT2D eigenvalue weighted by atomic mass is 10.4. The highest BCUT2D eigenvalue weighted by molar-refractivity contribution is 4.86. The molecule has 0 aliphatic rings. The molecule has 0 aliphatic heterocycles. The molecule has 64 valence electrons. The number of alkyl halides is 1. The van der Waals surface area contributed by atoms with Crippen LogP contribution >= 0.6 is 0 Å². The van der Waals surface area contributed by atoms with E-state index >= 15 is 0 Å². The van der Waals surface area contributed by atoms with Crippen molar-refractivity contribution in [2.75, 3.05) is 0 Å². The maximum absolute atomic E-state index is 12.3. The number of rotatable bonds is 1. The molecular formula is C7H13FN2O. The van der Waals surface area contributed by atoms with E-state index in [0.29, 0.717) is 5.89 Å². The number of nitrogens with zero attached hydrogens (tertiary/aromatic N) is 2. The van der Waals surface area contributed by atoms with Gasteiger partial charge in [0.05, 0.1) is 0 Å². The Balaban J connectivity index is 0.000000461. The van der Waals surface area contributed by atoms with E-state index in [1.807, 2.05) is 13.8 Å². The van der Waals surface area contributed by atoms with Crippen molar-refractivity contribution in [3.05, 3.63) is 11.7 Å². The first kappa shape index (κ1) is 10.1. The summed E-state index contributed by atoms with van der Waals surface area (Å²) in [6, 6.07) is 0. The second-order valence-corrected chi connectivity index (χ2v) is 1.79. The van der Waals surface area contributed by atoms with Crippen molar-refractivity contribution in [1.29, 1.82) is 0 Å². The van der Waals surface area contributed by atoms with Crippen LogP contribution in [0.5, 0.6) is 0 Å². The van der Waals surface area contributed by atoms with Crippen LogP contribution in [0.4, 0.5) is 4.39 Å². The fourth-order valence-corrected chi connectivity index (χ4v) is 0.477. The van der Waals surface area contributed by atoms with Crippen LogP contribution in [0.2, 0.25) is 0 Å². The van der Waals surface area contributed by atoms with Gasteiger partial charge >= 0.3 is 0 Å². The maximum atomic E-state index is 12.3. The predicted molar refractivity (Wildman–Crippen MR) is 39.9 cm³/mol. The highest BCUT2D eigenvalue weighted by atomic mass is 19.1. The van der Waals surface area contributed by atoms with Crippen LogP contribution in [0.3, 0.4) is 0 Å². The predicted octanol–water partition coefficient (Wildman–Crippen LogP) is 2.43. The van der Waals surface area contributed by atoms with E-state index in [1.54, 1.807) is 6.92 Å². The number of hydrogen-bond acceptors (Lipinski definition) is 3. The lowest BCUT2D eigenvalue weighted by Gasteiger charge is -1.86. The average molecular weight is 160 g/mol. The van der Waals surface area contributed by atoms with Crippen molar-refractivity contribution in [2.24, 2.45) is 0 Å². The Kier molecular flexibility index (Phi) is 4.41. The van der Waals surface area contributed by atoms with Crippen LogP contribution in [0.25, 0.3) is 0 Å². The normalized spacial score (nSPS) is 11.7. The van der Waals surface area contributed by atoms with Gasteiger partial charge in [-0.05, 0) is 6.92 Å². The summed E-state index contributed by atoms with van der Waals surface area (Å²) in [5.74, 6) is 0.516. The largest absolute Gasteiger partial charge is 0.340 e. The molecule has 1 rings (SSSR count). The molecule has 0 spiro atoms. The van der Waals surface area contributed by atoms with E-state index in [-0.39, 0.29) is 5.82 Å². The molecule has 3 nitrogen and oxygen atoms in total. The van der Waals surface area contributed by atoms with Crippen LogP contribution < -0.4 is 0 Å². The summed E-state index contributed by atoms with van der Waals surface area (Å²) in [4.78, 5) is 3.66. The van der Waals surface area contributed by atoms with Crippen LogP contribution in [-0.2, 0) is 0 Å². The van der Waals surface area contributed by atoms with Crippen molar-refractivity contribution < 1.29 is 8.91 Å². The van der Waals surface area contributed by atoms with Gasteiger partial charge in [0.1, 0.15) is 0 Å². The summed E-state index contributed by atoms with van der Waals surface area (Å²) < 4.78 is 16.8. The Morgan fingerprint density at radius 3 is 2.18 bits per heavy atom. The third-order valence-electron chi connectivity index (χ3n) is 0.899. The molecule has 0 saturated heterocycles. The zero-order chi connectivity index (χ0) is 8.85. The van der Waals surface area contributed by atoms with Crippen molar-refractivity contribution in [3.8, 4) is 0 Å². The Bertz CT molecular complexity index is 198. The van der Waals surface area contributed by atoms with E-state index in [1.165, 1.54) is 6.92 Å². The highest BCUT2D eigenvalue weighted by Crippen LogP contribution is 2.10. The molecule has 1 heterocycles. The highest BCUT2D eigenvalue weighted by Gasteiger charge is 2.08. The third-order valence-corrected chi connectivity index (χ3v) is 0.899.